The normalized spacial score (nSPS) is 15.3. The van der Waals surface area contributed by atoms with E-state index in [4.69, 9.17) is 11.6 Å². The van der Waals surface area contributed by atoms with E-state index >= 15 is 0 Å². The van der Waals surface area contributed by atoms with Crippen LogP contribution in [0.4, 0.5) is 5.82 Å². The second kappa shape index (κ2) is 8.74. The molecule has 1 fully saturated rings. The molecule has 2 aromatic carbocycles. The van der Waals surface area contributed by atoms with Crippen molar-refractivity contribution in [1.29, 1.82) is 0 Å². The molecule has 3 heterocycles. The molecule has 1 aliphatic rings. The highest BCUT2D eigenvalue weighted by Gasteiger charge is 2.31. The van der Waals surface area contributed by atoms with Crippen molar-refractivity contribution < 1.29 is 8.42 Å². The summed E-state index contributed by atoms with van der Waals surface area (Å²) >= 11 is 6.02. The number of piperazine rings is 1. The molecule has 0 saturated carbocycles. The van der Waals surface area contributed by atoms with E-state index in [1.165, 1.54) is 22.3 Å². The third-order valence-corrected chi connectivity index (χ3v) is 8.03. The maximum absolute atomic E-state index is 13.1. The lowest BCUT2D eigenvalue weighted by Gasteiger charge is -2.36. The van der Waals surface area contributed by atoms with Crippen LogP contribution in [0.5, 0.6) is 0 Å². The van der Waals surface area contributed by atoms with Gasteiger partial charge in [0.25, 0.3) is 5.78 Å². The van der Waals surface area contributed by atoms with Gasteiger partial charge in [0.15, 0.2) is 0 Å². The second-order valence-electron chi connectivity index (χ2n) is 7.98. The highest BCUT2D eigenvalue weighted by atomic mass is 35.5. The monoisotopic (exact) mass is 482 g/mol. The van der Waals surface area contributed by atoms with Gasteiger partial charge in [0.1, 0.15) is 12.1 Å². The van der Waals surface area contributed by atoms with Crippen LogP contribution >= 0.6 is 11.6 Å². The van der Waals surface area contributed by atoms with Crippen molar-refractivity contribution in [3.8, 4) is 0 Å². The van der Waals surface area contributed by atoms with Crippen LogP contribution in [0, 0.1) is 6.92 Å². The van der Waals surface area contributed by atoms with Gasteiger partial charge in [0.2, 0.25) is 10.0 Å². The summed E-state index contributed by atoms with van der Waals surface area (Å²) in [4.78, 5) is 11.3. The molecule has 0 aliphatic carbocycles. The summed E-state index contributed by atoms with van der Waals surface area (Å²) in [6.45, 7) is 3.75. The van der Waals surface area contributed by atoms with Gasteiger partial charge in [-0.1, -0.05) is 48.0 Å². The van der Waals surface area contributed by atoms with E-state index in [1.54, 1.807) is 22.7 Å². The lowest BCUT2D eigenvalue weighted by Crippen LogP contribution is -2.49. The van der Waals surface area contributed by atoms with Crippen LogP contribution in [0.1, 0.15) is 16.8 Å². The minimum atomic E-state index is -3.61. The van der Waals surface area contributed by atoms with Gasteiger partial charge in [-0.05, 0) is 30.7 Å². The average molecular weight is 483 g/mol. The van der Waals surface area contributed by atoms with Gasteiger partial charge >= 0.3 is 0 Å². The fourth-order valence-corrected chi connectivity index (χ4v) is 5.94. The fourth-order valence-electron chi connectivity index (χ4n) is 4.22. The first-order valence-corrected chi connectivity index (χ1v) is 12.5. The summed E-state index contributed by atoms with van der Waals surface area (Å²) in [5, 5.41) is 4.82. The largest absolute Gasteiger partial charge is 0.354 e. The Labute approximate surface area is 197 Å². The van der Waals surface area contributed by atoms with Crippen LogP contribution < -0.4 is 4.90 Å². The molecule has 0 bridgehead atoms. The summed E-state index contributed by atoms with van der Waals surface area (Å²) < 4.78 is 29.5. The summed E-state index contributed by atoms with van der Waals surface area (Å²) in [7, 11) is -3.61. The second-order valence-corrected chi connectivity index (χ2v) is 10.4. The van der Waals surface area contributed by atoms with E-state index in [9.17, 15) is 8.42 Å². The van der Waals surface area contributed by atoms with Crippen LogP contribution in [-0.2, 0) is 16.4 Å². The number of rotatable bonds is 5. The highest BCUT2D eigenvalue weighted by molar-refractivity contribution is 7.89. The molecule has 10 heteroatoms. The first kappa shape index (κ1) is 21.8. The molecule has 0 radical (unpaired) electrons. The number of hydrogen-bond acceptors (Lipinski definition) is 6. The topological polar surface area (TPSA) is 83.7 Å². The Morgan fingerprint density at radius 1 is 1.00 bits per heavy atom. The van der Waals surface area contributed by atoms with Crippen LogP contribution in [0.2, 0.25) is 5.02 Å². The quantitative estimate of drug-likeness (QED) is 0.434. The number of anilines is 1. The van der Waals surface area contributed by atoms with Crippen LogP contribution in [-0.4, -0.2) is 58.5 Å². The molecule has 0 spiro atoms. The van der Waals surface area contributed by atoms with Gasteiger partial charge in [0.05, 0.1) is 4.90 Å². The number of halogens is 1. The maximum atomic E-state index is 13.1. The minimum Gasteiger partial charge on any atom is -0.354 e. The lowest BCUT2D eigenvalue weighted by atomic mass is 10.0. The highest BCUT2D eigenvalue weighted by Crippen LogP contribution is 2.28. The molecule has 33 heavy (non-hydrogen) atoms. The van der Waals surface area contributed by atoms with Crippen molar-refractivity contribution in [3.05, 3.63) is 82.8 Å². The Kier molecular flexibility index (Phi) is 5.77. The third kappa shape index (κ3) is 4.19. The van der Waals surface area contributed by atoms with E-state index in [0.29, 0.717) is 43.4 Å². The molecular weight excluding hydrogens is 460 g/mol. The van der Waals surface area contributed by atoms with Gasteiger partial charge in [-0.25, -0.2) is 13.4 Å². The summed E-state index contributed by atoms with van der Waals surface area (Å²) in [6, 6.07) is 16.6. The van der Waals surface area contributed by atoms with Crippen LogP contribution in [0.3, 0.4) is 0 Å². The lowest BCUT2D eigenvalue weighted by molar-refractivity contribution is 0.382. The molecule has 0 unspecified atom stereocenters. The number of sulfonamides is 1. The van der Waals surface area contributed by atoms with Gasteiger partial charge < -0.3 is 4.90 Å². The first-order chi connectivity index (χ1) is 15.9. The Morgan fingerprint density at radius 2 is 1.76 bits per heavy atom. The SMILES string of the molecule is Cc1nc2ncnn2c(N2CCN(S(=O)(=O)c3cccc(Cl)c3)CC2)c1Cc1ccccc1. The number of aromatic nitrogens is 4. The molecule has 1 saturated heterocycles. The van der Waals surface area contributed by atoms with E-state index in [2.05, 4.69) is 32.1 Å². The molecular formula is C23H23ClN6O2S. The standard InChI is InChI=1S/C23H23ClN6O2S/c1-17-21(14-18-6-3-2-4-7-18)22(30-23(27-17)25-16-26-30)28-10-12-29(13-11-28)33(31,32)20-9-5-8-19(24)15-20/h2-9,15-16H,10-14H2,1H3. The zero-order valence-electron chi connectivity index (χ0n) is 18.1. The van der Waals surface area contributed by atoms with Crippen molar-refractivity contribution in [2.45, 2.75) is 18.2 Å². The van der Waals surface area contributed by atoms with Gasteiger partial charge in [-0.3, -0.25) is 0 Å². The molecule has 5 rings (SSSR count). The summed E-state index contributed by atoms with van der Waals surface area (Å²) in [5.74, 6) is 1.45. The van der Waals surface area contributed by atoms with Gasteiger partial charge in [-0.15, -0.1) is 0 Å². The van der Waals surface area contributed by atoms with Crippen molar-refractivity contribution in [3.63, 3.8) is 0 Å². The van der Waals surface area contributed by atoms with Crippen molar-refractivity contribution >= 4 is 33.2 Å². The molecule has 2 aromatic heterocycles. The summed E-state index contributed by atoms with van der Waals surface area (Å²) in [5.41, 5.74) is 3.12. The van der Waals surface area contributed by atoms with Gasteiger partial charge in [-0.2, -0.15) is 18.9 Å². The molecule has 1 aliphatic heterocycles. The number of fused-ring (bicyclic) bond motifs is 1. The molecule has 170 valence electrons. The number of hydrogen-bond donors (Lipinski definition) is 0. The first-order valence-electron chi connectivity index (χ1n) is 10.7. The van der Waals surface area contributed by atoms with Gasteiger partial charge in [0, 0.05) is 48.9 Å². The Balaban J connectivity index is 1.46. The molecule has 0 amide bonds. The van der Waals surface area contributed by atoms with Crippen molar-refractivity contribution in [2.24, 2.45) is 0 Å². The van der Waals surface area contributed by atoms with Crippen LogP contribution in [0.15, 0.2) is 65.8 Å². The number of nitrogens with zero attached hydrogens (tertiary/aromatic N) is 6. The van der Waals surface area contributed by atoms with E-state index < -0.39 is 10.0 Å². The van der Waals surface area contributed by atoms with Crippen LogP contribution in [0.25, 0.3) is 5.78 Å². The fraction of sp³-hybridized carbons (Fsp3) is 0.261. The predicted octanol–water partition coefficient (Wildman–Crippen LogP) is 3.19. The van der Waals surface area contributed by atoms with E-state index in [1.807, 2.05) is 25.1 Å². The average Bonchev–Trinajstić information content (AvgIpc) is 3.28. The molecule has 0 atom stereocenters. The zero-order chi connectivity index (χ0) is 23.0. The Morgan fingerprint density at radius 3 is 2.48 bits per heavy atom. The van der Waals surface area contributed by atoms with Crippen molar-refractivity contribution in [1.82, 2.24) is 23.9 Å². The smallest absolute Gasteiger partial charge is 0.254 e. The number of aryl methyl sites for hydroxylation is 1. The Hall–Kier alpha value is -3.01. The number of benzene rings is 2. The van der Waals surface area contributed by atoms with E-state index in [0.717, 1.165) is 17.1 Å². The summed E-state index contributed by atoms with van der Waals surface area (Å²) in [6.07, 6.45) is 2.20. The van der Waals surface area contributed by atoms with Crippen molar-refractivity contribution in [2.75, 3.05) is 31.1 Å². The molecule has 8 nitrogen and oxygen atoms in total. The Bertz CT molecular complexity index is 1400. The van der Waals surface area contributed by atoms with E-state index in [-0.39, 0.29) is 4.90 Å². The molecule has 0 N–H and O–H groups in total. The third-order valence-electron chi connectivity index (χ3n) is 5.90. The predicted molar refractivity (Wildman–Crippen MR) is 127 cm³/mol. The maximum Gasteiger partial charge on any atom is 0.254 e. The minimum absolute atomic E-state index is 0.214. The zero-order valence-corrected chi connectivity index (χ0v) is 19.7. The molecule has 4 aromatic rings.